The average Bonchev–Trinajstić information content (AvgIpc) is 3.48. The van der Waals surface area contributed by atoms with E-state index >= 15 is 0 Å². The van der Waals surface area contributed by atoms with Gasteiger partial charge in [-0.1, -0.05) is 23.5 Å². The van der Waals surface area contributed by atoms with Gasteiger partial charge in [0.05, 0.1) is 4.70 Å². The highest BCUT2D eigenvalue weighted by Gasteiger charge is 2.20. The molecule has 0 spiro atoms. The van der Waals surface area contributed by atoms with E-state index in [-0.39, 0.29) is 0 Å². The molecule has 4 aromatic rings. The highest BCUT2D eigenvalue weighted by molar-refractivity contribution is 7.13. The standard InChI is InChI=1S/C19H20N6O2S2/c1-13-21-22-18(27-13)15-12-28-19(20-15)26-11-10-24-6-8-25(9-7-24)17-14-4-2-3-5-16(14)29-23-17/h2-5,12H,6-11H2,1H3. The van der Waals surface area contributed by atoms with Gasteiger partial charge < -0.3 is 14.1 Å². The lowest BCUT2D eigenvalue weighted by atomic mass is 10.2. The van der Waals surface area contributed by atoms with E-state index in [9.17, 15) is 0 Å². The van der Waals surface area contributed by atoms with Crippen LogP contribution in [0.15, 0.2) is 34.1 Å². The molecule has 3 aromatic heterocycles. The molecule has 1 aliphatic rings. The molecule has 1 saturated heterocycles. The molecule has 0 saturated carbocycles. The summed E-state index contributed by atoms with van der Waals surface area (Å²) in [5.74, 6) is 2.08. The minimum Gasteiger partial charge on any atom is -0.469 e. The number of ether oxygens (including phenoxy) is 1. The molecule has 0 aliphatic carbocycles. The Balaban J connectivity index is 1.11. The number of benzene rings is 1. The SMILES string of the molecule is Cc1nnc(-c2csc(OCCN3CCN(c4nsc5ccccc45)CC3)n2)o1. The van der Waals surface area contributed by atoms with Crippen LogP contribution in [-0.4, -0.2) is 63.8 Å². The van der Waals surface area contributed by atoms with Gasteiger partial charge in [-0.2, -0.15) is 9.36 Å². The molecular formula is C19H20N6O2S2. The summed E-state index contributed by atoms with van der Waals surface area (Å²) >= 11 is 3.02. The van der Waals surface area contributed by atoms with Crippen LogP contribution in [0, 0.1) is 6.92 Å². The van der Waals surface area contributed by atoms with Crippen molar-refractivity contribution in [2.24, 2.45) is 0 Å². The molecule has 10 heteroatoms. The van der Waals surface area contributed by atoms with Crippen LogP contribution in [0.3, 0.4) is 0 Å². The molecule has 0 amide bonds. The minimum atomic E-state index is 0.430. The molecule has 8 nitrogen and oxygen atoms in total. The molecule has 4 heterocycles. The number of fused-ring (bicyclic) bond motifs is 1. The van der Waals surface area contributed by atoms with E-state index < -0.39 is 0 Å². The Labute approximate surface area is 175 Å². The number of hydrogen-bond acceptors (Lipinski definition) is 10. The number of thiazole rings is 1. The maximum absolute atomic E-state index is 5.83. The van der Waals surface area contributed by atoms with Crippen LogP contribution in [0.5, 0.6) is 5.19 Å². The van der Waals surface area contributed by atoms with Gasteiger partial charge in [-0.3, -0.25) is 4.90 Å². The second-order valence-corrected chi connectivity index (χ2v) is 8.43. The molecule has 29 heavy (non-hydrogen) atoms. The predicted octanol–water partition coefficient (Wildman–Crippen LogP) is 3.31. The lowest BCUT2D eigenvalue weighted by Crippen LogP contribution is -2.47. The first-order valence-corrected chi connectivity index (χ1v) is 11.1. The molecule has 0 unspecified atom stereocenters. The molecule has 1 aliphatic heterocycles. The van der Waals surface area contributed by atoms with Crippen LogP contribution in [0.4, 0.5) is 5.82 Å². The first kappa shape index (κ1) is 18.5. The van der Waals surface area contributed by atoms with Gasteiger partial charge >= 0.3 is 0 Å². The van der Waals surface area contributed by atoms with E-state index in [1.165, 1.54) is 21.4 Å². The Morgan fingerprint density at radius 3 is 2.83 bits per heavy atom. The van der Waals surface area contributed by atoms with Gasteiger partial charge in [-0.05, 0) is 23.7 Å². The quantitative estimate of drug-likeness (QED) is 0.463. The zero-order valence-corrected chi connectivity index (χ0v) is 17.6. The summed E-state index contributed by atoms with van der Waals surface area (Å²) in [6, 6.07) is 8.44. The number of hydrogen-bond donors (Lipinski definition) is 0. The number of rotatable bonds is 6. The van der Waals surface area contributed by atoms with Crippen LogP contribution in [0.1, 0.15) is 5.89 Å². The Bertz CT molecular complexity index is 1100. The lowest BCUT2D eigenvalue weighted by Gasteiger charge is -2.34. The first-order valence-electron chi connectivity index (χ1n) is 9.47. The Hall–Kier alpha value is -2.56. The smallest absolute Gasteiger partial charge is 0.273 e. The van der Waals surface area contributed by atoms with E-state index in [1.54, 1.807) is 18.5 Å². The number of piperazine rings is 1. The second-order valence-electron chi connectivity index (χ2n) is 6.80. The van der Waals surface area contributed by atoms with Crippen LogP contribution >= 0.6 is 22.9 Å². The van der Waals surface area contributed by atoms with Crippen molar-refractivity contribution in [2.75, 3.05) is 44.2 Å². The van der Waals surface area contributed by atoms with Crippen LogP contribution in [-0.2, 0) is 0 Å². The number of aryl methyl sites for hydroxylation is 1. The van der Waals surface area contributed by atoms with Gasteiger partial charge in [0, 0.05) is 50.4 Å². The van der Waals surface area contributed by atoms with Gasteiger partial charge in [0.1, 0.15) is 18.1 Å². The maximum Gasteiger partial charge on any atom is 0.273 e. The molecule has 0 N–H and O–H groups in total. The van der Waals surface area contributed by atoms with Crippen LogP contribution in [0.2, 0.25) is 0 Å². The third-order valence-corrected chi connectivity index (χ3v) is 6.46. The fourth-order valence-corrected chi connectivity index (χ4v) is 4.83. The van der Waals surface area contributed by atoms with Gasteiger partial charge in [-0.15, -0.1) is 10.2 Å². The van der Waals surface area contributed by atoms with E-state index in [0.29, 0.717) is 29.3 Å². The molecule has 0 atom stereocenters. The van der Waals surface area contributed by atoms with Crippen LogP contribution in [0.25, 0.3) is 21.7 Å². The fourth-order valence-electron chi connectivity index (χ4n) is 3.37. The van der Waals surface area contributed by atoms with Crippen molar-refractivity contribution < 1.29 is 9.15 Å². The van der Waals surface area contributed by atoms with E-state index in [2.05, 4.69) is 53.6 Å². The van der Waals surface area contributed by atoms with Gasteiger partial charge in [-0.25, -0.2) is 0 Å². The van der Waals surface area contributed by atoms with Crippen molar-refractivity contribution in [1.82, 2.24) is 24.5 Å². The second kappa shape index (κ2) is 8.05. The molecule has 5 rings (SSSR count). The third-order valence-electron chi connectivity index (χ3n) is 4.89. The Morgan fingerprint density at radius 1 is 1.14 bits per heavy atom. The topological polar surface area (TPSA) is 80.4 Å². The van der Waals surface area contributed by atoms with Crippen molar-refractivity contribution in [3.05, 3.63) is 35.5 Å². The van der Waals surface area contributed by atoms with E-state index in [4.69, 9.17) is 9.15 Å². The summed E-state index contributed by atoms with van der Waals surface area (Å²) in [7, 11) is 0. The van der Waals surface area contributed by atoms with Gasteiger partial charge in [0.15, 0.2) is 0 Å². The van der Waals surface area contributed by atoms with E-state index in [0.717, 1.165) is 38.5 Å². The van der Waals surface area contributed by atoms with E-state index in [1.807, 2.05) is 5.38 Å². The largest absolute Gasteiger partial charge is 0.469 e. The first-order chi connectivity index (χ1) is 14.3. The Kier molecular flexibility index (Phi) is 5.13. The van der Waals surface area contributed by atoms with Crippen molar-refractivity contribution in [1.29, 1.82) is 0 Å². The maximum atomic E-state index is 5.83. The van der Waals surface area contributed by atoms with Gasteiger partial charge in [0.2, 0.25) is 5.89 Å². The predicted molar refractivity (Wildman–Crippen MR) is 114 cm³/mol. The monoisotopic (exact) mass is 428 g/mol. The summed E-state index contributed by atoms with van der Waals surface area (Å²) < 4.78 is 17.1. The molecule has 150 valence electrons. The van der Waals surface area contributed by atoms with Crippen LogP contribution < -0.4 is 9.64 Å². The Morgan fingerprint density at radius 2 is 2.00 bits per heavy atom. The molecule has 1 aromatic carbocycles. The number of aromatic nitrogens is 4. The van der Waals surface area contributed by atoms with Crippen molar-refractivity contribution >= 4 is 38.8 Å². The van der Waals surface area contributed by atoms with Crippen molar-refractivity contribution in [3.63, 3.8) is 0 Å². The van der Waals surface area contributed by atoms with Crippen molar-refractivity contribution in [3.8, 4) is 16.8 Å². The number of nitrogens with zero attached hydrogens (tertiary/aromatic N) is 6. The summed E-state index contributed by atoms with van der Waals surface area (Å²) in [5.41, 5.74) is 0.662. The summed E-state index contributed by atoms with van der Waals surface area (Å²) in [5, 5.41) is 11.6. The summed E-state index contributed by atoms with van der Waals surface area (Å²) in [6.07, 6.45) is 0. The zero-order chi connectivity index (χ0) is 19.6. The highest BCUT2D eigenvalue weighted by atomic mass is 32.1. The molecular weight excluding hydrogens is 408 g/mol. The third kappa shape index (κ3) is 3.96. The molecule has 0 radical (unpaired) electrons. The molecule has 0 bridgehead atoms. The number of anilines is 1. The van der Waals surface area contributed by atoms with Crippen molar-refractivity contribution in [2.45, 2.75) is 6.92 Å². The zero-order valence-electron chi connectivity index (χ0n) is 15.9. The lowest BCUT2D eigenvalue weighted by molar-refractivity contribution is 0.200. The highest BCUT2D eigenvalue weighted by Crippen LogP contribution is 2.30. The minimum absolute atomic E-state index is 0.430. The van der Waals surface area contributed by atoms with Gasteiger partial charge in [0.25, 0.3) is 11.1 Å². The average molecular weight is 429 g/mol. The fraction of sp³-hybridized carbons (Fsp3) is 0.368. The molecule has 1 fully saturated rings. The summed E-state index contributed by atoms with van der Waals surface area (Å²) in [4.78, 5) is 9.22. The summed E-state index contributed by atoms with van der Waals surface area (Å²) in [6.45, 7) is 7.20. The normalized spacial score (nSPS) is 15.3.